The zero-order chi connectivity index (χ0) is 20.9. The first-order valence-corrected chi connectivity index (χ1v) is 10.2. The van der Waals surface area contributed by atoms with E-state index in [0.717, 1.165) is 4.31 Å². The van der Waals surface area contributed by atoms with Gasteiger partial charge in [-0.1, -0.05) is 29.3 Å². The molecule has 0 fully saturated rings. The highest BCUT2D eigenvalue weighted by Crippen LogP contribution is 2.20. The van der Waals surface area contributed by atoms with E-state index in [1.807, 2.05) is 0 Å². The van der Waals surface area contributed by atoms with Crippen molar-refractivity contribution in [1.82, 2.24) is 9.62 Å². The fraction of sp³-hybridized carbons (Fsp3) is 0.222. The fourth-order valence-corrected chi connectivity index (χ4v) is 3.48. The van der Waals surface area contributed by atoms with Crippen LogP contribution in [0, 0.1) is 0 Å². The highest BCUT2D eigenvalue weighted by Gasteiger charge is 2.18. The number of hydrogen-bond donors (Lipinski definition) is 1. The third-order valence-corrected chi connectivity index (χ3v) is 6.11. The van der Waals surface area contributed by atoms with E-state index in [1.54, 1.807) is 18.2 Å². The smallest absolute Gasteiger partial charge is 0.338 e. The van der Waals surface area contributed by atoms with Crippen LogP contribution in [0.15, 0.2) is 47.4 Å². The van der Waals surface area contributed by atoms with Crippen molar-refractivity contribution in [2.75, 3.05) is 20.7 Å². The highest BCUT2D eigenvalue weighted by molar-refractivity contribution is 7.89. The summed E-state index contributed by atoms with van der Waals surface area (Å²) in [7, 11) is -0.767. The number of esters is 1. The van der Waals surface area contributed by atoms with Gasteiger partial charge in [0.1, 0.15) is 0 Å². The molecule has 0 spiro atoms. The maximum Gasteiger partial charge on any atom is 0.338 e. The molecule has 2 rings (SSSR count). The maximum absolute atomic E-state index is 12.0. The van der Waals surface area contributed by atoms with Crippen LogP contribution in [0.3, 0.4) is 0 Å². The van der Waals surface area contributed by atoms with E-state index in [1.165, 1.54) is 38.4 Å². The van der Waals surface area contributed by atoms with E-state index >= 15 is 0 Å². The molecule has 0 radical (unpaired) electrons. The molecule has 2 aromatic rings. The molecule has 0 saturated heterocycles. The second-order valence-electron chi connectivity index (χ2n) is 5.90. The lowest BCUT2D eigenvalue weighted by Gasteiger charge is -2.11. The second kappa shape index (κ2) is 9.38. The summed E-state index contributed by atoms with van der Waals surface area (Å²) in [6, 6.07) is 10.1. The molecule has 150 valence electrons. The molecule has 1 N–H and O–H groups in total. The van der Waals surface area contributed by atoms with Crippen LogP contribution in [0.5, 0.6) is 0 Å². The molecule has 0 saturated carbocycles. The second-order valence-corrected chi connectivity index (χ2v) is 8.90. The Balaban J connectivity index is 1.88. The molecule has 7 nitrogen and oxygen atoms in total. The van der Waals surface area contributed by atoms with E-state index in [-0.39, 0.29) is 17.0 Å². The summed E-state index contributed by atoms with van der Waals surface area (Å²) in [5.41, 5.74) is 0.801. The Hall–Kier alpha value is -2.13. The minimum absolute atomic E-state index is 0.0478. The van der Waals surface area contributed by atoms with E-state index in [4.69, 9.17) is 27.9 Å². The molecule has 1 amide bonds. The molecule has 0 aromatic heterocycles. The lowest BCUT2D eigenvalue weighted by atomic mass is 10.2. The average molecular weight is 445 g/mol. The number of hydrogen-bond acceptors (Lipinski definition) is 5. The van der Waals surface area contributed by atoms with Crippen LogP contribution in [0.1, 0.15) is 15.9 Å². The van der Waals surface area contributed by atoms with Crippen molar-refractivity contribution in [2.45, 2.75) is 11.4 Å². The quantitative estimate of drug-likeness (QED) is 0.662. The minimum atomic E-state index is -3.59. The van der Waals surface area contributed by atoms with Gasteiger partial charge in [0.05, 0.1) is 10.5 Å². The SMILES string of the molecule is CN(C)S(=O)(=O)c1ccc(C(=O)OCC(=O)NCc2ccc(Cl)cc2Cl)cc1. The van der Waals surface area contributed by atoms with Gasteiger partial charge in [-0.15, -0.1) is 0 Å². The summed E-state index contributed by atoms with van der Waals surface area (Å²) in [6.07, 6.45) is 0. The number of benzene rings is 2. The number of ether oxygens (including phenoxy) is 1. The van der Waals surface area contributed by atoms with Crippen LogP contribution < -0.4 is 5.32 Å². The van der Waals surface area contributed by atoms with E-state index < -0.39 is 28.5 Å². The van der Waals surface area contributed by atoms with Gasteiger partial charge in [0.15, 0.2) is 6.61 Å². The lowest BCUT2D eigenvalue weighted by molar-refractivity contribution is -0.124. The molecule has 0 bridgehead atoms. The predicted molar refractivity (Wildman–Crippen MR) is 106 cm³/mol. The van der Waals surface area contributed by atoms with Crippen molar-refractivity contribution in [3.05, 3.63) is 63.6 Å². The van der Waals surface area contributed by atoms with Gasteiger partial charge in [0.2, 0.25) is 10.0 Å². The van der Waals surface area contributed by atoms with Crippen LogP contribution in [-0.4, -0.2) is 45.3 Å². The minimum Gasteiger partial charge on any atom is -0.452 e. The Kier molecular flexibility index (Phi) is 7.42. The van der Waals surface area contributed by atoms with Gasteiger partial charge < -0.3 is 10.1 Å². The Morgan fingerprint density at radius 3 is 2.29 bits per heavy atom. The summed E-state index contributed by atoms with van der Waals surface area (Å²) in [5.74, 6) is -1.25. The Morgan fingerprint density at radius 1 is 1.07 bits per heavy atom. The summed E-state index contributed by atoms with van der Waals surface area (Å²) >= 11 is 11.8. The van der Waals surface area contributed by atoms with Crippen LogP contribution >= 0.6 is 23.2 Å². The molecule has 0 unspecified atom stereocenters. The summed E-state index contributed by atoms with van der Waals surface area (Å²) in [6.45, 7) is -0.328. The molecule has 10 heteroatoms. The highest BCUT2D eigenvalue weighted by atomic mass is 35.5. The van der Waals surface area contributed by atoms with Crippen LogP contribution in [0.25, 0.3) is 0 Å². The first-order chi connectivity index (χ1) is 13.1. The number of nitrogens with zero attached hydrogens (tertiary/aromatic N) is 1. The Morgan fingerprint density at radius 2 is 1.71 bits per heavy atom. The van der Waals surface area contributed by atoms with E-state index in [0.29, 0.717) is 15.6 Å². The lowest BCUT2D eigenvalue weighted by Crippen LogP contribution is -2.28. The molecule has 0 aliphatic heterocycles. The van der Waals surface area contributed by atoms with Crippen molar-refractivity contribution < 1.29 is 22.7 Å². The normalized spacial score (nSPS) is 11.3. The molecule has 0 aliphatic carbocycles. The van der Waals surface area contributed by atoms with Gasteiger partial charge in [-0.2, -0.15) is 0 Å². The van der Waals surface area contributed by atoms with Crippen molar-refractivity contribution in [3.63, 3.8) is 0 Å². The topological polar surface area (TPSA) is 92.8 Å². The molecular formula is C18H18Cl2N2O5S. The number of rotatable bonds is 7. The number of carbonyl (C=O) groups excluding carboxylic acids is 2. The van der Waals surface area contributed by atoms with E-state index in [2.05, 4.69) is 5.32 Å². The summed E-state index contributed by atoms with van der Waals surface area (Å²) in [4.78, 5) is 23.9. The Labute approximate surface area is 173 Å². The summed E-state index contributed by atoms with van der Waals surface area (Å²) < 4.78 is 30.0. The monoisotopic (exact) mass is 444 g/mol. The fourth-order valence-electron chi connectivity index (χ4n) is 2.10. The molecule has 2 aromatic carbocycles. The van der Waals surface area contributed by atoms with Crippen LogP contribution in [-0.2, 0) is 26.1 Å². The average Bonchev–Trinajstić information content (AvgIpc) is 2.65. The van der Waals surface area contributed by atoms with Crippen molar-refractivity contribution in [1.29, 1.82) is 0 Å². The van der Waals surface area contributed by atoms with Gasteiger partial charge >= 0.3 is 5.97 Å². The third-order valence-electron chi connectivity index (χ3n) is 3.69. The van der Waals surface area contributed by atoms with Crippen molar-refractivity contribution in [3.8, 4) is 0 Å². The van der Waals surface area contributed by atoms with Crippen molar-refractivity contribution in [2.24, 2.45) is 0 Å². The standard InChI is InChI=1S/C18H18Cl2N2O5S/c1-22(2)28(25,26)15-7-4-12(5-8-15)18(24)27-11-17(23)21-10-13-3-6-14(19)9-16(13)20/h3-9H,10-11H2,1-2H3,(H,21,23). The number of carbonyl (C=O) groups is 2. The molecule has 0 aliphatic rings. The van der Waals surface area contributed by atoms with Gasteiger partial charge in [0.25, 0.3) is 5.91 Å². The van der Waals surface area contributed by atoms with Crippen molar-refractivity contribution >= 4 is 45.1 Å². The van der Waals surface area contributed by atoms with Crippen LogP contribution in [0.4, 0.5) is 0 Å². The Bertz CT molecular complexity index is 976. The largest absolute Gasteiger partial charge is 0.452 e. The first-order valence-electron chi connectivity index (χ1n) is 8.01. The van der Waals surface area contributed by atoms with E-state index in [9.17, 15) is 18.0 Å². The first kappa shape index (κ1) is 22.2. The number of nitrogens with one attached hydrogen (secondary N) is 1. The number of amides is 1. The number of halogens is 2. The molecule has 0 heterocycles. The van der Waals surface area contributed by atoms with Gasteiger partial charge in [-0.25, -0.2) is 17.5 Å². The molecule has 0 atom stereocenters. The van der Waals surface area contributed by atoms with Gasteiger partial charge in [0, 0.05) is 30.7 Å². The van der Waals surface area contributed by atoms with Gasteiger partial charge in [-0.3, -0.25) is 4.79 Å². The van der Waals surface area contributed by atoms with Crippen LogP contribution in [0.2, 0.25) is 10.0 Å². The molecule has 28 heavy (non-hydrogen) atoms. The zero-order valence-corrected chi connectivity index (χ0v) is 17.4. The maximum atomic E-state index is 12.0. The third kappa shape index (κ3) is 5.68. The number of sulfonamides is 1. The molecular weight excluding hydrogens is 427 g/mol. The van der Waals surface area contributed by atoms with Gasteiger partial charge in [-0.05, 0) is 42.0 Å². The zero-order valence-electron chi connectivity index (χ0n) is 15.1. The summed E-state index contributed by atoms with van der Waals surface area (Å²) in [5, 5.41) is 3.48. The predicted octanol–water partition coefficient (Wildman–Crippen LogP) is 2.72.